The van der Waals surface area contributed by atoms with Gasteiger partial charge in [0.1, 0.15) is 5.69 Å². The zero-order chi connectivity index (χ0) is 17.1. The van der Waals surface area contributed by atoms with Crippen LogP contribution in [0.25, 0.3) is 16.6 Å². The zero-order valence-corrected chi connectivity index (χ0v) is 13.9. The predicted molar refractivity (Wildman–Crippen MR) is 95.2 cm³/mol. The molecule has 0 saturated heterocycles. The van der Waals surface area contributed by atoms with Crippen LogP contribution in [0.4, 0.5) is 0 Å². The standard InChI is InChI=1S/C20H20N2O2/c1-3-11-21-20(24)19(23)18-17(15-9-7-14(2)8-10-15)13-16-6-4-5-12-22(16)18/h4-10,12-13H,3,11H2,1-2H3,(H,21,24). The van der Waals surface area contributed by atoms with Gasteiger partial charge >= 0.3 is 0 Å². The number of nitrogens with zero attached hydrogens (tertiary/aromatic N) is 1. The number of hydrogen-bond donors (Lipinski definition) is 1. The zero-order valence-electron chi connectivity index (χ0n) is 13.9. The molecule has 1 N–H and O–H groups in total. The number of ketones is 1. The fraction of sp³-hybridized carbons (Fsp3) is 0.200. The summed E-state index contributed by atoms with van der Waals surface area (Å²) in [4.78, 5) is 25.0. The quantitative estimate of drug-likeness (QED) is 0.576. The van der Waals surface area contributed by atoms with Crippen LogP contribution in [0.15, 0.2) is 54.7 Å². The van der Waals surface area contributed by atoms with E-state index in [2.05, 4.69) is 5.32 Å². The van der Waals surface area contributed by atoms with Gasteiger partial charge in [0.25, 0.3) is 11.7 Å². The summed E-state index contributed by atoms with van der Waals surface area (Å²) in [6, 6.07) is 15.6. The fourth-order valence-electron chi connectivity index (χ4n) is 2.73. The van der Waals surface area contributed by atoms with Crippen LogP contribution in [0.2, 0.25) is 0 Å². The maximum Gasteiger partial charge on any atom is 0.294 e. The Hall–Kier alpha value is -2.88. The van der Waals surface area contributed by atoms with Crippen molar-refractivity contribution in [2.75, 3.05) is 6.54 Å². The van der Waals surface area contributed by atoms with E-state index >= 15 is 0 Å². The Kier molecular flexibility index (Phi) is 4.47. The second-order valence-corrected chi connectivity index (χ2v) is 5.85. The van der Waals surface area contributed by atoms with Crippen LogP contribution in [0.1, 0.15) is 29.4 Å². The molecule has 24 heavy (non-hydrogen) atoms. The molecule has 0 radical (unpaired) electrons. The van der Waals surface area contributed by atoms with Crippen LogP contribution in [0.5, 0.6) is 0 Å². The number of hydrogen-bond acceptors (Lipinski definition) is 2. The number of Topliss-reactive ketones (excluding diaryl/α,β-unsaturated/α-hetero) is 1. The lowest BCUT2D eigenvalue weighted by Gasteiger charge is -2.07. The van der Waals surface area contributed by atoms with Gasteiger partial charge in [0, 0.05) is 23.8 Å². The molecular weight excluding hydrogens is 300 g/mol. The van der Waals surface area contributed by atoms with E-state index in [1.807, 2.05) is 68.6 Å². The Balaban J connectivity index is 2.13. The van der Waals surface area contributed by atoms with E-state index in [0.29, 0.717) is 12.2 Å². The smallest absolute Gasteiger partial charge is 0.294 e. The molecule has 0 bridgehead atoms. The van der Waals surface area contributed by atoms with Gasteiger partial charge in [-0.1, -0.05) is 42.8 Å². The monoisotopic (exact) mass is 320 g/mol. The number of benzene rings is 1. The Labute approximate surface area is 141 Å². The van der Waals surface area contributed by atoms with Crippen molar-refractivity contribution < 1.29 is 9.59 Å². The largest absolute Gasteiger partial charge is 0.349 e. The van der Waals surface area contributed by atoms with Crippen molar-refractivity contribution in [2.24, 2.45) is 0 Å². The molecule has 0 spiro atoms. The minimum absolute atomic E-state index is 0.406. The third-order valence-electron chi connectivity index (χ3n) is 4.00. The third kappa shape index (κ3) is 2.95. The summed E-state index contributed by atoms with van der Waals surface area (Å²) in [7, 11) is 0. The highest BCUT2D eigenvalue weighted by molar-refractivity contribution is 6.43. The number of rotatable bonds is 5. The van der Waals surface area contributed by atoms with E-state index in [1.54, 1.807) is 4.40 Å². The maximum atomic E-state index is 12.8. The molecule has 0 unspecified atom stereocenters. The predicted octanol–water partition coefficient (Wildman–Crippen LogP) is 3.62. The van der Waals surface area contributed by atoms with Crippen molar-refractivity contribution in [1.29, 1.82) is 0 Å². The van der Waals surface area contributed by atoms with Crippen LogP contribution < -0.4 is 5.32 Å². The molecule has 4 nitrogen and oxygen atoms in total. The molecule has 0 fully saturated rings. The number of carbonyl (C=O) groups excluding carboxylic acids is 2. The molecule has 0 atom stereocenters. The molecule has 2 heterocycles. The Bertz CT molecular complexity index is 892. The topological polar surface area (TPSA) is 50.6 Å². The molecule has 1 amide bonds. The van der Waals surface area contributed by atoms with Gasteiger partial charge in [0.05, 0.1) is 0 Å². The van der Waals surface area contributed by atoms with Crippen LogP contribution in [0.3, 0.4) is 0 Å². The van der Waals surface area contributed by atoms with Crippen LogP contribution >= 0.6 is 0 Å². The lowest BCUT2D eigenvalue weighted by Crippen LogP contribution is -2.32. The van der Waals surface area contributed by atoms with E-state index in [1.165, 1.54) is 0 Å². The van der Waals surface area contributed by atoms with Gasteiger partial charge in [-0.05, 0) is 37.1 Å². The molecule has 2 aromatic heterocycles. The molecule has 0 aliphatic carbocycles. The van der Waals surface area contributed by atoms with E-state index < -0.39 is 11.7 Å². The Morgan fingerprint density at radius 2 is 1.83 bits per heavy atom. The van der Waals surface area contributed by atoms with Gasteiger partial charge in [-0.15, -0.1) is 0 Å². The van der Waals surface area contributed by atoms with E-state index in [-0.39, 0.29) is 0 Å². The van der Waals surface area contributed by atoms with Crippen molar-refractivity contribution in [3.63, 3.8) is 0 Å². The number of fused-ring (bicyclic) bond motifs is 1. The van der Waals surface area contributed by atoms with Gasteiger partial charge < -0.3 is 9.72 Å². The first-order valence-electron chi connectivity index (χ1n) is 8.11. The second-order valence-electron chi connectivity index (χ2n) is 5.85. The maximum absolute atomic E-state index is 12.8. The second kappa shape index (κ2) is 6.71. The average molecular weight is 320 g/mol. The van der Waals surface area contributed by atoms with E-state index in [0.717, 1.165) is 28.6 Å². The van der Waals surface area contributed by atoms with Crippen molar-refractivity contribution in [3.05, 3.63) is 66.0 Å². The molecule has 0 saturated carbocycles. The minimum Gasteiger partial charge on any atom is -0.349 e. The lowest BCUT2D eigenvalue weighted by molar-refractivity contribution is -0.117. The summed E-state index contributed by atoms with van der Waals surface area (Å²) >= 11 is 0. The molecule has 122 valence electrons. The summed E-state index contributed by atoms with van der Waals surface area (Å²) in [5.41, 5.74) is 4.15. The van der Waals surface area contributed by atoms with E-state index in [9.17, 15) is 9.59 Å². The van der Waals surface area contributed by atoms with Crippen molar-refractivity contribution >= 4 is 17.2 Å². The number of amides is 1. The SMILES string of the molecule is CCCNC(=O)C(=O)c1c(-c2ccc(C)cc2)cc2ccccn12. The number of aryl methyl sites for hydroxylation is 1. The summed E-state index contributed by atoms with van der Waals surface area (Å²) in [5.74, 6) is -1.07. The molecule has 0 aliphatic rings. The summed E-state index contributed by atoms with van der Waals surface area (Å²) in [6.07, 6.45) is 2.60. The third-order valence-corrected chi connectivity index (χ3v) is 4.00. The van der Waals surface area contributed by atoms with Gasteiger partial charge in [-0.2, -0.15) is 0 Å². The van der Waals surface area contributed by atoms with Crippen molar-refractivity contribution in [1.82, 2.24) is 9.72 Å². The highest BCUT2D eigenvalue weighted by Gasteiger charge is 2.24. The average Bonchev–Trinajstić information content (AvgIpc) is 2.99. The summed E-state index contributed by atoms with van der Waals surface area (Å²) < 4.78 is 1.78. The van der Waals surface area contributed by atoms with Crippen molar-refractivity contribution in [2.45, 2.75) is 20.3 Å². The highest BCUT2D eigenvalue weighted by Crippen LogP contribution is 2.28. The van der Waals surface area contributed by atoms with E-state index in [4.69, 9.17) is 0 Å². The Morgan fingerprint density at radius 1 is 1.08 bits per heavy atom. The molecule has 3 aromatic rings. The van der Waals surface area contributed by atoms with Gasteiger partial charge in [0.2, 0.25) is 0 Å². The normalized spacial score (nSPS) is 10.8. The molecular formula is C20H20N2O2. The number of aromatic nitrogens is 1. The number of pyridine rings is 1. The number of carbonyl (C=O) groups is 2. The molecule has 0 aliphatic heterocycles. The molecule has 4 heteroatoms. The Morgan fingerprint density at radius 3 is 2.54 bits per heavy atom. The summed E-state index contributed by atoms with van der Waals surface area (Å²) in [6.45, 7) is 4.47. The first kappa shape index (κ1) is 16.0. The molecule has 1 aromatic carbocycles. The number of nitrogens with one attached hydrogen (secondary N) is 1. The first-order valence-corrected chi connectivity index (χ1v) is 8.11. The minimum atomic E-state index is -0.561. The lowest BCUT2D eigenvalue weighted by atomic mass is 10.0. The van der Waals surface area contributed by atoms with Crippen molar-refractivity contribution in [3.8, 4) is 11.1 Å². The van der Waals surface area contributed by atoms with Crippen LogP contribution in [-0.4, -0.2) is 22.6 Å². The summed E-state index contributed by atoms with van der Waals surface area (Å²) in [5, 5.41) is 2.67. The first-order chi connectivity index (χ1) is 11.6. The van der Waals surface area contributed by atoms with Crippen LogP contribution in [-0.2, 0) is 4.79 Å². The van der Waals surface area contributed by atoms with Gasteiger partial charge in [-0.25, -0.2) is 0 Å². The van der Waals surface area contributed by atoms with Crippen LogP contribution in [0, 0.1) is 6.92 Å². The highest BCUT2D eigenvalue weighted by atomic mass is 16.2. The molecule has 3 rings (SSSR count). The fourth-order valence-corrected chi connectivity index (χ4v) is 2.73. The van der Waals surface area contributed by atoms with Gasteiger partial charge in [0.15, 0.2) is 0 Å². The van der Waals surface area contributed by atoms with Gasteiger partial charge in [-0.3, -0.25) is 9.59 Å².